The minimum absolute atomic E-state index is 0.116. The standard InChI is InChI=1S/C21H28N2O2/c1-16(24)22-12-10-21(11-13-22,19-8-3-2-4-9-19)20(25)23-14-17-6-5-7-18(17)15-23/h2-4,8-9,17-18H,5-7,10-15H2,1H3/t17-,18-/m1/s1. The molecule has 0 unspecified atom stereocenters. The molecule has 4 rings (SSSR count). The van der Waals surface area contributed by atoms with Crippen LogP contribution in [0.2, 0.25) is 0 Å². The zero-order valence-electron chi connectivity index (χ0n) is 15.1. The van der Waals surface area contributed by atoms with Crippen molar-refractivity contribution in [2.45, 2.75) is 44.4 Å². The molecule has 3 aliphatic rings. The van der Waals surface area contributed by atoms with Gasteiger partial charge in [0.1, 0.15) is 0 Å². The number of hydrogen-bond acceptors (Lipinski definition) is 2. The second kappa shape index (κ2) is 6.47. The molecule has 0 spiro atoms. The maximum Gasteiger partial charge on any atom is 0.233 e. The van der Waals surface area contributed by atoms with Gasteiger partial charge in [0.2, 0.25) is 11.8 Å². The van der Waals surface area contributed by atoms with Crippen LogP contribution in [0.3, 0.4) is 0 Å². The van der Waals surface area contributed by atoms with E-state index in [9.17, 15) is 9.59 Å². The number of rotatable bonds is 2. The van der Waals surface area contributed by atoms with Gasteiger partial charge in [0.05, 0.1) is 5.41 Å². The number of piperidine rings is 1. The number of nitrogens with zero attached hydrogens (tertiary/aromatic N) is 2. The summed E-state index contributed by atoms with van der Waals surface area (Å²) in [5.41, 5.74) is 0.673. The minimum Gasteiger partial charge on any atom is -0.343 e. The average Bonchev–Trinajstić information content (AvgIpc) is 3.24. The van der Waals surface area contributed by atoms with Gasteiger partial charge in [0.15, 0.2) is 0 Å². The Kier molecular flexibility index (Phi) is 4.30. The Morgan fingerprint density at radius 3 is 2.12 bits per heavy atom. The lowest BCUT2D eigenvalue weighted by Gasteiger charge is -2.43. The lowest BCUT2D eigenvalue weighted by atomic mass is 9.71. The molecule has 0 aromatic heterocycles. The van der Waals surface area contributed by atoms with Crippen molar-refractivity contribution in [2.75, 3.05) is 26.2 Å². The minimum atomic E-state index is -0.453. The van der Waals surface area contributed by atoms with E-state index in [0.29, 0.717) is 30.8 Å². The number of fused-ring (bicyclic) bond motifs is 1. The molecular weight excluding hydrogens is 312 g/mol. The van der Waals surface area contributed by atoms with Crippen molar-refractivity contribution >= 4 is 11.8 Å². The highest BCUT2D eigenvalue weighted by atomic mass is 16.2. The second-order valence-corrected chi connectivity index (χ2v) is 8.12. The molecule has 2 atom stereocenters. The first-order chi connectivity index (χ1) is 12.1. The quantitative estimate of drug-likeness (QED) is 0.831. The zero-order valence-corrected chi connectivity index (χ0v) is 15.1. The normalized spacial score (nSPS) is 28.0. The fourth-order valence-corrected chi connectivity index (χ4v) is 5.29. The fraction of sp³-hybridized carbons (Fsp3) is 0.619. The molecule has 1 aromatic carbocycles. The summed E-state index contributed by atoms with van der Waals surface area (Å²) in [6.45, 7) is 4.86. The third kappa shape index (κ3) is 2.86. The Morgan fingerprint density at radius 2 is 1.56 bits per heavy atom. The first-order valence-electron chi connectivity index (χ1n) is 9.70. The first-order valence-corrected chi connectivity index (χ1v) is 9.70. The summed E-state index contributed by atoms with van der Waals surface area (Å²) in [5, 5.41) is 0. The van der Waals surface area contributed by atoms with Gasteiger partial charge in [0.25, 0.3) is 0 Å². The van der Waals surface area contributed by atoms with E-state index in [1.165, 1.54) is 19.3 Å². The van der Waals surface area contributed by atoms with Crippen molar-refractivity contribution in [3.63, 3.8) is 0 Å². The molecule has 2 amide bonds. The van der Waals surface area contributed by atoms with Crippen LogP contribution in [0.4, 0.5) is 0 Å². The number of likely N-dealkylation sites (tertiary alicyclic amines) is 2. The third-order valence-electron chi connectivity index (χ3n) is 6.81. The number of carbonyl (C=O) groups is 2. The van der Waals surface area contributed by atoms with Crippen LogP contribution in [-0.2, 0) is 15.0 Å². The maximum atomic E-state index is 13.7. The Morgan fingerprint density at radius 1 is 0.960 bits per heavy atom. The molecule has 0 bridgehead atoms. The van der Waals surface area contributed by atoms with Crippen LogP contribution in [0.25, 0.3) is 0 Å². The number of amides is 2. The lowest BCUT2D eigenvalue weighted by molar-refractivity contribution is -0.141. The van der Waals surface area contributed by atoms with E-state index in [-0.39, 0.29) is 5.91 Å². The molecule has 1 saturated carbocycles. The van der Waals surface area contributed by atoms with Crippen molar-refractivity contribution in [3.05, 3.63) is 35.9 Å². The Hall–Kier alpha value is -1.84. The summed E-state index contributed by atoms with van der Waals surface area (Å²) < 4.78 is 0. The van der Waals surface area contributed by atoms with Gasteiger partial charge in [-0.1, -0.05) is 36.8 Å². The van der Waals surface area contributed by atoms with E-state index in [4.69, 9.17) is 0 Å². The Bertz CT molecular complexity index is 637. The van der Waals surface area contributed by atoms with Gasteiger partial charge in [-0.3, -0.25) is 9.59 Å². The Balaban J connectivity index is 1.60. The van der Waals surface area contributed by atoms with Crippen LogP contribution in [0.1, 0.15) is 44.6 Å². The molecule has 0 N–H and O–H groups in total. The molecule has 3 fully saturated rings. The van der Waals surface area contributed by atoms with Gasteiger partial charge in [0, 0.05) is 33.1 Å². The molecule has 25 heavy (non-hydrogen) atoms. The molecule has 2 saturated heterocycles. The van der Waals surface area contributed by atoms with Crippen LogP contribution >= 0.6 is 0 Å². The summed E-state index contributed by atoms with van der Waals surface area (Å²) in [5.74, 6) is 1.85. The van der Waals surface area contributed by atoms with Crippen molar-refractivity contribution in [2.24, 2.45) is 11.8 Å². The van der Waals surface area contributed by atoms with Crippen LogP contribution in [0, 0.1) is 11.8 Å². The van der Waals surface area contributed by atoms with Crippen LogP contribution < -0.4 is 0 Å². The van der Waals surface area contributed by atoms with Crippen LogP contribution in [-0.4, -0.2) is 47.8 Å². The van der Waals surface area contributed by atoms with Crippen molar-refractivity contribution in [1.29, 1.82) is 0 Å². The summed E-state index contributed by atoms with van der Waals surface area (Å²) in [6.07, 6.45) is 5.37. The average molecular weight is 340 g/mol. The third-order valence-corrected chi connectivity index (χ3v) is 6.81. The Labute approximate surface area is 150 Å². The van der Waals surface area contributed by atoms with E-state index in [0.717, 1.165) is 31.5 Å². The molecule has 4 nitrogen and oxygen atoms in total. The van der Waals surface area contributed by atoms with Gasteiger partial charge >= 0.3 is 0 Å². The summed E-state index contributed by atoms with van der Waals surface area (Å²) in [4.78, 5) is 29.4. The van der Waals surface area contributed by atoms with E-state index >= 15 is 0 Å². The van der Waals surface area contributed by atoms with Crippen LogP contribution in [0.15, 0.2) is 30.3 Å². The highest BCUT2D eigenvalue weighted by Crippen LogP contribution is 2.42. The highest BCUT2D eigenvalue weighted by Gasteiger charge is 2.48. The molecule has 0 radical (unpaired) electrons. The first kappa shape index (κ1) is 16.6. The van der Waals surface area contributed by atoms with E-state index in [1.54, 1.807) is 6.92 Å². The SMILES string of the molecule is CC(=O)N1CCC(C(=O)N2C[C@H]3CCC[C@@H]3C2)(c2ccccc2)CC1. The molecule has 2 heterocycles. The largest absolute Gasteiger partial charge is 0.343 e. The summed E-state index contributed by atoms with van der Waals surface area (Å²) >= 11 is 0. The van der Waals surface area contributed by atoms with E-state index in [1.807, 2.05) is 23.1 Å². The topological polar surface area (TPSA) is 40.6 Å². The van der Waals surface area contributed by atoms with Gasteiger partial charge in [-0.15, -0.1) is 0 Å². The number of benzene rings is 1. The zero-order chi connectivity index (χ0) is 17.4. The molecule has 2 aliphatic heterocycles. The molecule has 4 heteroatoms. The molecule has 134 valence electrons. The summed E-state index contributed by atoms with van der Waals surface area (Å²) in [7, 11) is 0. The van der Waals surface area contributed by atoms with Gasteiger partial charge < -0.3 is 9.80 Å². The molecule has 1 aliphatic carbocycles. The highest BCUT2D eigenvalue weighted by molar-refractivity contribution is 5.89. The maximum absolute atomic E-state index is 13.7. The number of carbonyl (C=O) groups excluding carboxylic acids is 2. The molecular formula is C21H28N2O2. The van der Waals surface area contributed by atoms with Crippen LogP contribution in [0.5, 0.6) is 0 Å². The number of hydrogen-bond donors (Lipinski definition) is 0. The molecule has 1 aromatic rings. The predicted molar refractivity (Wildman–Crippen MR) is 97.0 cm³/mol. The van der Waals surface area contributed by atoms with Gasteiger partial charge in [-0.2, -0.15) is 0 Å². The van der Waals surface area contributed by atoms with Crippen molar-refractivity contribution in [1.82, 2.24) is 9.80 Å². The second-order valence-electron chi connectivity index (χ2n) is 8.12. The van der Waals surface area contributed by atoms with Crippen molar-refractivity contribution < 1.29 is 9.59 Å². The lowest BCUT2D eigenvalue weighted by Crippen LogP contribution is -2.53. The fourth-order valence-electron chi connectivity index (χ4n) is 5.29. The van der Waals surface area contributed by atoms with Gasteiger partial charge in [-0.05, 0) is 43.1 Å². The van der Waals surface area contributed by atoms with E-state index in [2.05, 4.69) is 17.0 Å². The van der Waals surface area contributed by atoms with Gasteiger partial charge in [-0.25, -0.2) is 0 Å². The smallest absolute Gasteiger partial charge is 0.233 e. The summed E-state index contributed by atoms with van der Waals surface area (Å²) in [6, 6.07) is 10.3. The predicted octanol–water partition coefficient (Wildman–Crippen LogP) is 2.83. The van der Waals surface area contributed by atoms with Crippen molar-refractivity contribution in [3.8, 4) is 0 Å². The van der Waals surface area contributed by atoms with E-state index < -0.39 is 5.41 Å². The monoisotopic (exact) mass is 340 g/mol.